The molecular formula is C18H26F3N. The molecule has 0 aromatic heterocycles. The summed E-state index contributed by atoms with van der Waals surface area (Å²) in [4.78, 5) is 2.00. The highest BCUT2D eigenvalue weighted by Crippen LogP contribution is 2.63. The van der Waals surface area contributed by atoms with Crippen LogP contribution >= 0.6 is 0 Å². The lowest BCUT2D eigenvalue weighted by Crippen LogP contribution is -2.37. The van der Waals surface area contributed by atoms with E-state index in [1.54, 1.807) is 13.0 Å². The van der Waals surface area contributed by atoms with E-state index in [9.17, 15) is 13.2 Å². The van der Waals surface area contributed by atoms with E-state index >= 15 is 0 Å². The van der Waals surface area contributed by atoms with Gasteiger partial charge in [-0.25, -0.2) is 0 Å². The molecule has 2 aliphatic carbocycles. The number of rotatable bonds is 6. The van der Waals surface area contributed by atoms with Crippen LogP contribution < -0.4 is 0 Å². The molecule has 0 atom stereocenters. The Kier molecular flexibility index (Phi) is 4.78. The Morgan fingerprint density at radius 1 is 1.32 bits per heavy atom. The second-order valence-electron chi connectivity index (χ2n) is 6.80. The molecular weight excluding hydrogens is 287 g/mol. The monoisotopic (exact) mass is 313 g/mol. The fraction of sp³-hybridized carbons (Fsp3) is 0.667. The van der Waals surface area contributed by atoms with Crippen molar-refractivity contribution in [3.63, 3.8) is 0 Å². The third-order valence-electron chi connectivity index (χ3n) is 5.12. The Balaban J connectivity index is 2.10. The third-order valence-corrected chi connectivity index (χ3v) is 5.12. The second-order valence-corrected chi connectivity index (χ2v) is 6.80. The second kappa shape index (κ2) is 6.13. The van der Waals surface area contributed by atoms with Gasteiger partial charge in [-0.3, -0.25) is 0 Å². The van der Waals surface area contributed by atoms with Crippen LogP contribution in [0.1, 0.15) is 46.5 Å². The van der Waals surface area contributed by atoms with Crippen LogP contribution in [0.15, 0.2) is 35.6 Å². The minimum atomic E-state index is -4.31. The van der Waals surface area contributed by atoms with Crippen LogP contribution in [0, 0.1) is 11.3 Å². The van der Waals surface area contributed by atoms with Gasteiger partial charge in [0.25, 0.3) is 0 Å². The molecule has 4 heteroatoms. The molecule has 22 heavy (non-hydrogen) atoms. The highest BCUT2D eigenvalue weighted by molar-refractivity contribution is 5.42. The molecule has 0 unspecified atom stereocenters. The van der Waals surface area contributed by atoms with Gasteiger partial charge < -0.3 is 4.90 Å². The highest BCUT2D eigenvalue weighted by atomic mass is 19.4. The average Bonchev–Trinajstić information content (AvgIpc) is 3.19. The van der Waals surface area contributed by atoms with Crippen LogP contribution in [-0.4, -0.2) is 24.2 Å². The quantitative estimate of drug-likeness (QED) is 0.588. The first-order chi connectivity index (χ1) is 10.2. The molecule has 2 fully saturated rings. The Labute approximate surface area is 131 Å². The van der Waals surface area contributed by atoms with Gasteiger partial charge in [0.1, 0.15) is 0 Å². The Hall–Kier alpha value is -1.19. The molecule has 2 aliphatic rings. The number of allylic oxidation sites excluding steroid dienone is 3. The third kappa shape index (κ3) is 3.58. The van der Waals surface area contributed by atoms with Gasteiger partial charge in [0.15, 0.2) is 0 Å². The molecule has 0 N–H and O–H groups in total. The summed E-state index contributed by atoms with van der Waals surface area (Å²) in [6.45, 7) is 10.3. The lowest BCUT2D eigenvalue weighted by Gasteiger charge is -2.40. The number of nitrogens with zero attached hydrogens (tertiary/aromatic N) is 1. The normalized spacial score (nSPS) is 21.7. The van der Waals surface area contributed by atoms with Gasteiger partial charge in [0, 0.05) is 29.9 Å². The number of hydrogen-bond donors (Lipinski definition) is 0. The van der Waals surface area contributed by atoms with Crippen LogP contribution in [0.3, 0.4) is 0 Å². The summed E-state index contributed by atoms with van der Waals surface area (Å²) in [5.41, 5.74) is 0.751. The maximum atomic E-state index is 13.0. The molecule has 0 saturated heterocycles. The summed E-state index contributed by atoms with van der Waals surface area (Å²) in [7, 11) is 0. The van der Waals surface area contributed by atoms with Crippen LogP contribution in [0.25, 0.3) is 0 Å². The first-order valence-electron chi connectivity index (χ1n) is 8.07. The van der Waals surface area contributed by atoms with Crippen molar-refractivity contribution in [1.29, 1.82) is 0 Å². The number of halogens is 3. The predicted octanol–water partition coefficient (Wildman–Crippen LogP) is 5.47. The van der Waals surface area contributed by atoms with Crippen molar-refractivity contribution in [2.75, 3.05) is 13.1 Å². The minimum absolute atomic E-state index is 0.206. The van der Waals surface area contributed by atoms with Gasteiger partial charge in [-0.1, -0.05) is 18.7 Å². The number of likely N-dealkylation sites (N-methyl/N-ethyl adjacent to an activating group) is 1. The molecule has 0 aromatic carbocycles. The summed E-state index contributed by atoms with van der Waals surface area (Å²) in [5, 5.41) is 0. The zero-order valence-electron chi connectivity index (χ0n) is 13.8. The van der Waals surface area contributed by atoms with Crippen LogP contribution in [-0.2, 0) is 0 Å². The van der Waals surface area contributed by atoms with Gasteiger partial charge in [-0.05, 0) is 57.8 Å². The molecule has 2 saturated carbocycles. The van der Waals surface area contributed by atoms with Gasteiger partial charge in [0.05, 0.1) is 0 Å². The minimum Gasteiger partial charge on any atom is -0.372 e. The standard InChI is InChI=1S/C18H26F3N/c1-5-7-16(13(3)18(19,20)21)14(4)22(6-2)12-15-10-17(11-15)8-9-17/h5,7,15H,4,6,8-12H2,1-3H3/b7-5-,16-13-. The Morgan fingerprint density at radius 2 is 1.91 bits per heavy atom. The van der Waals surface area contributed by atoms with Crippen molar-refractivity contribution in [2.24, 2.45) is 11.3 Å². The molecule has 0 aromatic rings. The molecule has 0 radical (unpaired) electrons. The van der Waals surface area contributed by atoms with Gasteiger partial charge in [0.2, 0.25) is 0 Å². The van der Waals surface area contributed by atoms with Crippen molar-refractivity contribution < 1.29 is 13.2 Å². The van der Waals surface area contributed by atoms with Crippen LogP contribution in [0.5, 0.6) is 0 Å². The SMILES string of the molecule is C=C(C(/C=C\C)=C(/C)C(F)(F)F)N(CC)CC1CC2(CC2)C1. The first-order valence-corrected chi connectivity index (χ1v) is 8.07. The van der Waals surface area contributed by atoms with Gasteiger partial charge >= 0.3 is 6.18 Å². The summed E-state index contributed by atoms with van der Waals surface area (Å²) < 4.78 is 39.1. The van der Waals surface area contributed by atoms with E-state index in [0.29, 0.717) is 23.6 Å². The van der Waals surface area contributed by atoms with Gasteiger partial charge in [-0.15, -0.1) is 0 Å². The predicted molar refractivity (Wildman–Crippen MR) is 84.3 cm³/mol. The van der Waals surface area contributed by atoms with Crippen molar-refractivity contribution in [2.45, 2.75) is 52.6 Å². The maximum absolute atomic E-state index is 13.0. The van der Waals surface area contributed by atoms with E-state index < -0.39 is 11.7 Å². The maximum Gasteiger partial charge on any atom is 0.413 e. The Morgan fingerprint density at radius 3 is 2.32 bits per heavy atom. The molecule has 1 nitrogen and oxygen atoms in total. The number of alkyl halides is 3. The molecule has 0 aliphatic heterocycles. The topological polar surface area (TPSA) is 3.24 Å². The van der Waals surface area contributed by atoms with E-state index in [2.05, 4.69) is 6.58 Å². The van der Waals surface area contributed by atoms with Crippen molar-refractivity contribution in [1.82, 2.24) is 4.90 Å². The molecule has 124 valence electrons. The van der Waals surface area contributed by atoms with Crippen LogP contribution in [0.4, 0.5) is 13.2 Å². The lowest BCUT2D eigenvalue weighted by atomic mass is 9.71. The zero-order valence-corrected chi connectivity index (χ0v) is 13.8. The zero-order chi connectivity index (χ0) is 16.5. The molecule has 0 bridgehead atoms. The molecule has 1 spiro atoms. The fourth-order valence-electron chi connectivity index (χ4n) is 3.55. The summed E-state index contributed by atoms with van der Waals surface area (Å²) in [6, 6.07) is 0. The first kappa shape index (κ1) is 17.2. The lowest BCUT2D eigenvalue weighted by molar-refractivity contribution is -0.0919. The molecule has 0 amide bonds. The van der Waals surface area contributed by atoms with Gasteiger partial charge in [-0.2, -0.15) is 13.2 Å². The smallest absolute Gasteiger partial charge is 0.372 e. The van der Waals surface area contributed by atoms with E-state index in [1.807, 2.05) is 11.8 Å². The fourth-order valence-corrected chi connectivity index (χ4v) is 3.55. The van der Waals surface area contributed by atoms with Crippen molar-refractivity contribution >= 4 is 0 Å². The average molecular weight is 313 g/mol. The van der Waals surface area contributed by atoms with Crippen molar-refractivity contribution in [3.8, 4) is 0 Å². The summed E-state index contributed by atoms with van der Waals surface area (Å²) >= 11 is 0. The molecule has 2 rings (SSSR count). The Bertz CT molecular complexity index is 487. The van der Waals surface area contributed by atoms with E-state index in [0.717, 1.165) is 13.5 Å². The van der Waals surface area contributed by atoms with E-state index in [4.69, 9.17) is 0 Å². The molecule has 0 heterocycles. The summed E-state index contributed by atoms with van der Waals surface area (Å²) in [5.74, 6) is 0.609. The highest BCUT2D eigenvalue weighted by Gasteiger charge is 2.52. The van der Waals surface area contributed by atoms with E-state index in [1.165, 1.54) is 31.8 Å². The van der Waals surface area contributed by atoms with E-state index in [-0.39, 0.29) is 5.57 Å². The largest absolute Gasteiger partial charge is 0.413 e. The number of hydrogen-bond acceptors (Lipinski definition) is 1. The summed E-state index contributed by atoms with van der Waals surface area (Å²) in [6.07, 6.45) is 4.01. The van der Waals surface area contributed by atoms with Crippen molar-refractivity contribution in [3.05, 3.63) is 35.6 Å². The van der Waals surface area contributed by atoms with Crippen LogP contribution in [0.2, 0.25) is 0 Å².